The third kappa shape index (κ3) is 11.8. The third-order valence-corrected chi connectivity index (χ3v) is 23.3. The highest BCUT2D eigenvalue weighted by Gasteiger charge is 2.45. The van der Waals surface area contributed by atoms with Crippen LogP contribution in [-0.2, 0) is 16.2 Å². The fourth-order valence-electron chi connectivity index (χ4n) is 17.4. The molecule has 14 aromatic rings. The maximum absolute atomic E-state index is 6.38. The lowest BCUT2D eigenvalue weighted by molar-refractivity contribution is 0.303. The molecule has 3 aliphatic rings. The first-order valence-corrected chi connectivity index (χ1v) is 37.6. The molecule has 0 fully saturated rings. The van der Waals surface area contributed by atoms with Crippen LogP contribution in [-0.4, -0.2) is 6.61 Å². The van der Waals surface area contributed by atoms with Gasteiger partial charge >= 0.3 is 0 Å². The summed E-state index contributed by atoms with van der Waals surface area (Å²) in [6.45, 7) is 14.7. The number of hydrogen-bond donors (Lipinski definition) is 0. The highest BCUT2D eigenvalue weighted by atomic mass is 16.5. The Bertz CT molecular complexity index is 5140. The van der Waals surface area contributed by atoms with Gasteiger partial charge in [0.15, 0.2) is 0 Å². The minimum atomic E-state index is -0.431. The van der Waals surface area contributed by atoms with Gasteiger partial charge in [-0.05, 0) is 245 Å². The molecule has 3 heteroatoms. The fraction of sp³-hybridized carbons (Fsp3) is 0.168. The second-order valence-corrected chi connectivity index (χ2v) is 30.1. The summed E-state index contributed by atoms with van der Waals surface area (Å²) in [6.07, 6.45) is 6.33. The fourth-order valence-corrected chi connectivity index (χ4v) is 17.4. The molecule has 0 N–H and O–H groups in total. The summed E-state index contributed by atoms with van der Waals surface area (Å²) in [6, 6.07) is 125. The van der Waals surface area contributed by atoms with Crippen molar-refractivity contribution in [3.63, 3.8) is 0 Å². The minimum absolute atomic E-state index is 0.143. The maximum Gasteiger partial charge on any atom is 0.119 e. The predicted molar refractivity (Wildman–Crippen MR) is 438 cm³/mol. The van der Waals surface area contributed by atoms with Gasteiger partial charge in [0.25, 0.3) is 0 Å². The zero-order chi connectivity index (χ0) is 70.5. The quantitative estimate of drug-likeness (QED) is 0.0667. The van der Waals surface area contributed by atoms with Gasteiger partial charge < -0.3 is 14.5 Å². The van der Waals surface area contributed by atoms with Crippen LogP contribution in [0.25, 0.3) is 77.9 Å². The minimum Gasteiger partial charge on any atom is -0.494 e. The molecule has 14 aromatic carbocycles. The first kappa shape index (κ1) is 65.8. The smallest absolute Gasteiger partial charge is 0.119 e. The second kappa shape index (κ2) is 27.3. The number of fused-ring (bicyclic) bond motifs is 9. The first-order chi connectivity index (χ1) is 50.9. The highest BCUT2D eigenvalue weighted by molar-refractivity contribution is 5.92. The molecular formula is C101H88N2O. The standard InChI is InChI=1S/C101H88N2O/c1-7-69(2)70-43-57-86(58-44-70)104-64-24-9-8-23-63-101(79-29-17-12-18-30-79)97-65-77(75-39-51-82(52-40-75)102(80-47-35-73(36-48-80)71-25-13-10-14-26-71)84-55-61-89-87-31-19-21-33-93(87)99(3,4)95(89)67-84)45-59-91(97)92-60-46-78(66-98(92)101)76-41-53-83(54-42-76)103(81-49-37-74(38-50-81)72-27-15-11-16-28-72)85-56-62-90-88-32-20-22-34-94(88)100(5,6)96(90)68-85/h10-22,25-62,65-69H,7-9,23-24,63-64H2,1-6H3. The van der Waals surface area contributed by atoms with E-state index in [1.807, 2.05) is 0 Å². The number of nitrogens with zero attached hydrogens (tertiary/aromatic N) is 2. The van der Waals surface area contributed by atoms with Crippen LogP contribution in [0.2, 0.25) is 0 Å². The van der Waals surface area contributed by atoms with Gasteiger partial charge in [0.05, 0.1) is 6.61 Å². The van der Waals surface area contributed by atoms with Gasteiger partial charge in [0, 0.05) is 50.4 Å². The molecular weight excluding hydrogens is 1260 g/mol. The molecule has 0 amide bonds. The lowest BCUT2D eigenvalue weighted by Crippen LogP contribution is -2.27. The lowest BCUT2D eigenvalue weighted by Gasteiger charge is -2.34. The van der Waals surface area contributed by atoms with Gasteiger partial charge in [-0.15, -0.1) is 0 Å². The van der Waals surface area contributed by atoms with Crippen LogP contribution in [0.4, 0.5) is 34.1 Å². The van der Waals surface area contributed by atoms with E-state index in [4.69, 9.17) is 4.74 Å². The largest absolute Gasteiger partial charge is 0.494 e. The topological polar surface area (TPSA) is 15.7 Å². The summed E-state index contributed by atoms with van der Waals surface area (Å²) >= 11 is 0. The zero-order valence-electron chi connectivity index (χ0n) is 60.6. The summed E-state index contributed by atoms with van der Waals surface area (Å²) in [5.74, 6) is 1.50. The van der Waals surface area contributed by atoms with Gasteiger partial charge in [-0.25, -0.2) is 0 Å². The van der Waals surface area contributed by atoms with Crippen molar-refractivity contribution < 1.29 is 4.74 Å². The number of rotatable bonds is 21. The highest BCUT2D eigenvalue weighted by Crippen LogP contribution is 2.58. The number of unbranched alkanes of at least 4 members (excludes halogenated alkanes) is 3. The molecule has 0 heterocycles. The van der Waals surface area contributed by atoms with Gasteiger partial charge in [-0.3, -0.25) is 0 Å². The molecule has 3 nitrogen and oxygen atoms in total. The Morgan fingerprint density at radius 3 is 1.06 bits per heavy atom. The Balaban J connectivity index is 0.728. The number of benzene rings is 14. The van der Waals surface area contributed by atoms with Gasteiger partial charge in [-0.2, -0.15) is 0 Å². The molecule has 0 saturated carbocycles. The average Bonchev–Trinajstić information content (AvgIpc) is 1.54. The van der Waals surface area contributed by atoms with Crippen molar-refractivity contribution in [1.82, 2.24) is 0 Å². The normalized spacial score (nSPS) is 13.9. The van der Waals surface area contributed by atoms with E-state index in [0.717, 1.165) is 78.4 Å². The number of ether oxygens (including phenoxy) is 1. The van der Waals surface area contributed by atoms with E-state index >= 15 is 0 Å². The molecule has 1 unspecified atom stereocenters. The molecule has 0 bridgehead atoms. The van der Waals surface area contributed by atoms with Crippen molar-refractivity contribution in [2.24, 2.45) is 0 Å². The van der Waals surface area contributed by atoms with E-state index in [-0.39, 0.29) is 10.8 Å². The Morgan fingerprint density at radius 1 is 0.288 bits per heavy atom. The maximum atomic E-state index is 6.38. The molecule has 17 rings (SSSR count). The van der Waals surface area contributed by atoms with Crippen molar-refractivity contribution in [3.05, 3.63) is 378 Å². The molecule has 3 aliphatic carbocycles. The van der Waals surface area contributed by atoms with Crippen LogP contribution in [0.5, 0.6) is 5.75 Å². The van der Waals surface area contributed by atoms with Crippen LogP contribution in [0.3, 0.4) is 0 Å². The van der Waals surface area contributed by atoms with Crippen molar-refractivity contribution >= 4 is 34.1 Å². The summed E-state index contributed by atoms with van der Waals surface area (Å²) in [5.41, 5.74) is 34.4. The molecule has 0 radical (unpaired) electrons. The number of hydrogen-bond acceptors (Lipinski definition) is 3. The second-order valence-electron chi connectivity index (χ2n) is 30.1. The van der Waals surface area contributed by atoms with Crippen LogP contribution in [0.1, 0.15) is 130 Å². The van der Waals surface area contributed by atoms with Gasteiger partial charge in [0.2, 0.25) is 0 Å². The number of anilines is 6. The SMILES string of the molecule is CCC(C)c1ccc(OCCCCCCC2(c3ccccc3)c3cc(-c4ccc(N(c5ccc(-c6ccccc6)cc5)c5ccc6c(c5)C(C)(C)c5ccccc5-6)cc4)ccc3-c3ccc(-c4ccc(N(c5ccc(-c6ccccc6)cc5)c5ccc6c(c5)C(C)(C)c5ccccc5-6)cc4)cc32)cc1. The summed E-state index contributed by atoms with van der Waals surface area (Å²) in [5, 5.41) is 0. The Hall–Kier alpha value is -11.5. The molecule has 0 aromatic heterocycles. The predicted octanol–water partition coefficient (Wildman–Crippen LogP) is 27.8. The van der Waals surface area contributed by atoms with Crippen LogP contribution >= 0.6 is 0 Å². The molecule has 1 atom stereocenters. The monoisotopic (exact) mass is 1340 g/mol. The Kier molecular flexibility index (Phi) is 17.3. The zero-order valence-corrected chi connectivity index (χ0v) is 60.6. The summed E-state index contributed by atoms with van der Waals surface area (Å²) in [7, 11) is 0. The van der Waals surface area contributed by atoms with Crippen LogP contribution in [0, 0.1) is 0 Å². The van der Waals surface area contributed by atoms with E-state index in [0.29, 0.717) is 12.5 Å². The Morgan fingerprint density at radius 2 is 0.625 bits per heavy atom. The summed E-state index contributed by atoms with van der Waals surface area (Å²) in [4.78, 5) is 4.88. The molecule has 104 heavy (non-hydrogen) atoms. The van der Waals surface area contributed by atoms with Crippen molar-refractivity contribution in [2.45, 2.75) is 102 Å². The first-order valence-electron chi connectivity index (χ1n) is 37.6. The van der Waals surface area contributed by atoms with Crippen molar-refractivity contribution in [2.75, 3.05) is 16.4 Å². The molecule has 0 saturated heterocycles. The van der Waals surface area contributed by atoms with Crippen LogP contribution < -0.4 is 14.5 Å². The third-order valence-electron chi connectivity index (χ3n) is 23.3. The lowest BCUT2D eigenvalue weighted by atomic mass is 9.68. The Labute approximate surface area is 615 Å². The average molecular weight is 1350 g/mol. The van der Waals surface area contributed by atoms with Crippen LogP contribution in [0.15, 0.2) is 334 Å². The van der Waals surface area contributed by atoms with E-state index in [9.17, 15) is 0 Å². The molecule has 0 spiro atoms. The van der Waals surface area contributed by atoms with E-state index in [1.165, 1.54) is 122 Å². The van der Waals surface area contributed by atoms with E-state index < -0.39 is 5.41 Å². The molecule has 0 aliphatic heterocycles. The van der Waals surface area contributed by atoms with Gasteiger partial charge in [0.1, 0.15) is 5.75 Å². The molecule has 508 valence electrons. The van der Waals surface area contributed by atoms with Crippen molar-refractivity contribution in [1.29, 1.82) is 0 Å². The van der Waals surface area contributed by atoms with E-state index in [1.54, 1.807) is 0 Å². The summed E-state index contributed by atoms with van der Waals surface area (Å²) < 4.78 is 6.38. The van der Waals surface area contributed by atoms with Gasteiger partial charge in [-0.1, -0.05) is 297 Å². The van der Waals surface area contributed by atoms with E-state index in [2.05, 4.69) is 385 Å². The van der Waals surface area contributed by atoms with Crippen molar-refractivity contribution in [3.8, 4) is 83.6 Å².